The number of halogens is 1. The average molecular weight is 397 g/mol. The summed E-state index contributed by atoms with van der Waals surface area (Å²) < 4.78 is 43.3. The number of benzene rings is 1. The van der Waals surface area contributed by atoms with Crippen molar-refractivity contribution in [2.75, 3.05) is 0 Å². The van der Waals surface area contributed by atoms with Crippen LogP contribution in [0.4, 0.5) is 4.39 Å². The minimum atomic E-state index is -3.88. The van der Waals surface area contributed by atoms with Gasteiger partial charge in [-0.2, -0.15) is 0 Å². The second kappa shape index (κ2) is 9.07. The molecule has 0 radical (unpaired) electrons. The van der Waals surface area contributed by atoms with E-state index in [1.807, 2.05) is 20.8 Å². The minimum absolute atomic E-state index is 0.0486. The van der Waals surface area contributed by atoms with Crippen LogP contribution in [0.25, 0.3) is 0 Å². The van der Waals surface area contributed by atoms with Gasteiger partial charge in [-0.1, -0.05) is 44.4 Å². The number of hydrogen-bond acceptors (Lipinski definition) is 6. The van der Waals surface area contributed by atoms with Gasteiger partial charge in [0.1, 0.15) is 11.9 Å². The largest absolute Gasteiger partial charge is 0.410 e. The van der Waals surface area contributed by atoms with E-state index in [1.165, 1.54) is 24.3 Å². The van der Waals surface area contributed by atoms with Gasteiger partial charge in [0.15, 0.2) is 0 Å². The Hall–Kier alpha value is -2.29. The zero-order valence-electron chi connectivity index (χ0n) is 15.6. The summed E-state index contributed by atoms with van der Waals surface area (Å²) in [5.41, 5.74) is 0.407. The van der Waals surface area contributed by atoms with Crippen molar-refractivity contribution in [2.24, 2.45) is 5.92 Å². The zero-order valence-corrected chi connectivity index (χ0v) is 16.4. The predicted octanol–water partition coefficient (Wildman–Crippen LogP) is 3.19. The third kappa shape index (κ3) is 5.85. The first kappa shape index (κ1) is 21.0. The van der Waals surface area contributed by atoms with Crippen molar-refractivity contribution in [1.82, 2.24) is 15.5 Å². The van der Waals surface area contributed by atoms with Crippen LogP contribution in [0.5, 0.6) is 0 Å². The van der Waals surface area contributed by atoms with Gasteiger partial charge in [0.25, 0.3) is 0 Å². The van der Waals surface area contributed by atoms with Crippen molar-refractivity contribution in [2.45, 2.75) is 57.1 Å². The average Bonchev–Trinajstić information content (AvgIpc) is 3.10. The van der Waals surface area contributed by atoms with Crippen LogP contribution in [0.15, 0.2) is 33.9 Å². The minimum Gasteiger partial charge on any atom is -0.410 e. The second-order valence-corrected chi connectivity index (χ2v) is 8.55. The van der Waals surface area contributed by atoms with Crippen LogP contribution in [-0.2, 0) is 20.4 Å². The Kier molecular flexibility index (Phi) is 7.06. The lowest BCUT2D eigenvalue weighted by atomic mass is 10.0. The van der Waals surface area contributed by atoms with Crippen molar-refractivity contribution in [3.8, 4) is 0 Å². The summed E-state index contributed by atoms with van der Waals surface area (Å²) in [6.45, 7) is 5.72. The van der Waals surface area contributed by atoms with Gasteiger partial charge in [0.05, 0.1) is 5.75 Å². The van der Waals surface area contributed by atoms with E-state index in [9.17, 15) is 17.6 Å². The Morgan fingerprint density at radius 2 is 1.89 bits per heavy atom. The first-order chi connectivity index (χ1) is 12.7. The summed E-state index contributed by atoms with van der Waals surface area (Å²) in [6.07, 6.45) is 2.04. The molecule has 0 aliphatic heterocycles. The Morgan fingerprint density at radius 3 is 2.48 bits per heavy atom. The number of nitrogens with one attached hydrogen (secondary N) is 1. The van der Waals surface area contributed by atoms with Gasteiger partial charge in [-0.15, -0.1) is 5.10 Å². The Bertz CT molecular complexity index is 863. The van der Waals surface area contributed by atoms with E-state index in [-0.39, 0.29) is 23.5 Å². The lowest BCUT2D eigenvalue weighted by Gasteiger charge is -2.18. The molecule has 0 fully saturated rings. The van der Waals surface area contributed by atoms with Gasteiger partial charge in [-0.05, 0) is 30.0 Å². The van der Waals surface area contributed by atoms with Gasteiger partial charge in [0, 0.05) is 6.42 Å². The van der Waals surface area contributed by atoms with Crippen molar-refractivity contribution < 1.29 is 22.0 Å². The van der Waals surface area contributed by atoms with Crippen molar-refractivity contribution >= 4 is 15.7 Å². The van der Waals surface area contributed by atoms with Crippen LogP contribution in [0.1, 0.15) is 57.5 Å². The SMILES string of the molecule is CCCCC(=O)N[C@H](c1nnc(S(=O)(=O)Cc2ccc(F)cc2)o1)C(C)C. The van der Waals surface area contributed by atoms with Crippen LogP contribution in [0, 0.1) is 11.7 Å². The number of unbranched alkanes of at least 4 members (excludes halogenated alkanes) is 1. The van der Waals surface area contributed by atoms with Crippen LogP contribution >= 0.6 is 0 Å². The second-order valence-electron chi connectivity index (χ2n) is 6.68. The fraction of sp³-hybridized carbons (Fsp3) is 0.500. The maximum Gasteiger partial charge on any atom is 0.335 e. The quantitative estimate of drug-likeness (QED) is 0.697. The molecule has 2 rings (SSSR count). The van der Waals surface area contributed by atoms with Crippen LogP contribution in [-0.4, -0.2) is 24.5 Å². The highest BCUT2D eigenvalue weighted by atomic mass is 32.2. The van der Waals surface area contributed by atoms with Crippen LogP contribution in [0.3, 0.4) is 0 Å². The molecule has 1 aromatic carbocycles. The molecule has 0 bridgehead atoms. The summed E-state index contributed by atoms with van der Waals surface area (Å²) in [5, 5.41) is 9.77. The number of carbonyl (C=O) groups is 1. The van der Waals surface area contributed by atoms with Gasteiger partial charge < -0.3 is 9.73 Å². The summed E-state index contributed by atoms with van der Waals surface area (Å²) in [4.78, 5) is 12.0. The molecule has 0 saturated carbocycles. The molecule has 0 aliphatic rings. The molecule has 7 nitrogen and oxygen atoms in total. The summed E-state index contributed by atoms with van der Waals surface area (Å²) in [5.74, 6) is -1.00. The standard InChI is InChI=1S/C18H24FN3O4S/c1-4-5-6-15(23)20-16(12(2)3)17-21-22-18(26-17)27(24,25)11-13-7-9-14(19)10-8-13/h7-10,12,16H,4-6,11H2,1-3H3,(H,20,23)/t16-/m0/s1. The molecule has 1 atom stereocenters. The Morgan fingerprint density at radius 1 is 1.22 bits per heavy atom. The number of sulfone groups is 1. The van der Waals surface area contributed by atoms with Crippen molar-refractivity contribution in [3.05, 3.63) is 41.5 Å². The fourth-order valence-corrected chi connectivity index (χ4v) is 3.56. The summed E-state index contributed by atoms with van der Waals surface area (Å²) in [6, 6.07) is 4.57. The molecule has 0 spiro atoms. The van der Waals surface area contributed by atoms with Crippen molar-refractivity contribution in [1.29, 1.82) is 0 Å². The lowest BCUT2D eigenvalue weighted by Crippen LogP contribution is -2.31. The van der Waals surface area contributed by atoms with Crippen LogP contribution in [0.2, 0.25) is 0 Å². The Labute approximate surface area is 158 Å². The normalized spacial score (nSPS) is 12.9. The number of nitrogens with zero attached hydrogens (tertiary/aromatic N) is 2. The van der Waals surface area contributed by atoms with Crippen LogP contribution < -0.4 is 5.32 Å². The van der Waals surface area contributed by atoms with Gasteiger partial charge in [-0.25, -0.2) is 12.8 Å². The first-order valence-corrected chi connectivity index (χ1v) is 10.5. The number of aromatic nitrogens is 2. The molecule has 0 unspecified atom stereocenters. The molecule has 0 aliphatic carbocycles. The molecule has 2 aromatic rings. The summed E-state index contributed by atoms with van der Waals surface area (Å²) in [7, 11) is -3.88. The predicted molar refractivity (Wildman–Crippen MR) is 96.8 cm³/mol. The van der Waals surface area contributed by atoms with E-state index < -0.39 is 26.9 Å². The zero-order chi connectivity index (χ0) is 20.0. The molecule has 1 N–H and O–H groups in total. The number of rotatable bonds is 9. The molecule has 0 saturated heterocycles. The molecule has 27 heavy (non-hydrogen) atoms. The lowest BCUT2D eigenvalue weighted by molar-refractivity contribution is -0.122. The molecule has 1 aromatic heterocycles. The maximum atomic E-state index is 13.0. The molecule has 1 heterocycles. The first-order valence-electron chi connectivity index (χ1n) is 8.83. The van der Waals surface area contributed by atoms with E-state index in [0.717, 1.165) is 12.8 Å². The number of amides is 1. The van der Waals surface area contributed by atoms with Crippen molar-refractivity contribution in [3.63, 3.8) is 0 Å². The molecule has 148 valence electrons. The molecule has 1 amide bonds. The third-order valence-electron chi connectivity index (χ3n) is 3.96. The summed E-state index contributed by atoms with van der Waals surface area (Å²) >= 11 is 0. The van der Waals surface area contributed by atoms with Gasteiger partial charge >= 0.3 is 5.22 Å². The highest BCUT2D eigenvalue weighted by molar-refractivity contribution is 7.90. The Balaban J connectivity index is 2.16. The van der Waals surface area contributed by atoms with E-state index >= 15 is 0 Å². The van der Waals surface area contributed by atoms with Gasteiger partial charge in [-0.3, -0.25) is 4.79 Å². The molecule has 9 heteroatoms. The molecular formula is C18H24FN3O4S. The smallest absolute Gasteiger partial charge is 0.335 e. The van der Waals surface area contributed by atoms with E-state index in [1.54, 1.807) is 0 Å². The fourth-order valence-electron chi connectivity index (χ4n) is 2.43. The van der Waals surface area contributed by atoms with E-state index in [2.05, 4.69) is 15.5 Å². The highest BCUT2D eigenvalue weighted by Crippen LogP contribution is 2.23. The van der Waals surface area contributed by atoms with E-state index in [4.69, 9.17) is 4.42 Å². The number of hydrogen-bond donors (Lipinski definition) is 1. The maximum absolute atomic E-state index is 13.0. The van der Waals surface area contributed by atoms with Gasteiger partial charge in [0.2, 0.25) is 21.6 Å². The molecular weight excluding hydrogens is 373 g/mol. The third-order valence-corrected chi connectivity index (χ3v) is 5.38. The highest BCUT2D eigenvalue weighted by Gasteiger charge is 2.28. The topological polar surface area (TPSA) is 102 Å². The van der Waals surface area contributed by atoms with E-state index in [0.29, 0.717) is 12.0 Å². The monoisotopic (exact) mass is 397 g/mol. The number of carbonyl (C=O) groups excluding carboxylic acids is 1.